The van der Waals surface area contributed by atoms with Gasteiger partial charge in [0, 0.05) is 31.6 Å². The number of H-pyrrole nitrogens is 1. The number of hydrogen-bond donors (Lipinski definition) is 1. The fourth-order valence-electron chi connectivity index (χ4n) is 3.76. The SMILES string of the molecule is Cc1cccc(-c2n[nH]c(=S)n2CCC(=O)N2CC(C)CC(C)C2)c1. The van der Waals surface area contributed by atoms with Gasteiger partial charge >= 0.3 is 0 Å². The Balaban J connectivity index is 1.72. The molecule has 25 heavy (non-hydrogen) atoms. The summed E-state index contributed by atoms with van der Waals surface area (Å²) < 4.78 is 2.49. The second kappa shape index (κ2) is 7.52. The lowest BCUT2D eigenvalue weighted by Gasteiger charge is -2.35. The van der Waals surface area contributed by atoms with Crippen LogP contribution in [0.3, 0.4) is 0 Å². The summed E-state index contributed by atoms with van der Waals surface area (Å²) in [5.41, 5.74) is 2.19. The Hall–Kier alpha value is -1.95. The van der Waals surface area contributed by atoms with Crippen LogP contribution in [0.15, 0.2) is 24.3 Å². The molecule has 1 amide bonds. The first-order valence-corrected chi connectivity index (χ1v) is 9.35. The van der Waals surface area contributed by atoms with Crippen LogP contribution in [0.1, 0.15) is 32.3 Å². The largest absolute Gasteiger partial charge is 0.342 e. The predicted octanol–water partition coefficient (Wildman–Crippen LogP) is 3.81. The molecule has 1 N–H and O–H groups in total. The van der Waals surface area contributed by atoms with Gasteiger partial charge in [-0.3, -0.25) is 14.5 Å². The molecule has 0 spiro atoms. The molecule has 1 aliphatic rings. The third kappa shape index (κ3) is 4.18. The molecule has 1 fully saturated rings. The lowest BCUT2D eigenvalue weighted by molar-refractivity contribution is -0.134. The molecule has 134 valence electrons. The van der Waals surface area contributed by atoms with E-state index >= 15 is 0 Å². The Morgan fingerprint density at radius 3 is 2.72 bits per heavy atom. The van der Waals surface area contributed by atoms with Crippen LogP contribution in [0, 0.1) is 23.5 Å². The number of aryl methyl sites for hydroxylation is 1. The number of benzene rings is 1. The first kappa shape index (κ1) is 17.9. The van der Waals surface area contributed by atoms with Crippen LogP contribution in [-0.4, -0.2) is 38.7 Å². The van der Waals surface area contributed by atoms with Gasteiger partial charge in [-0.05, 0) is 43.5 Å². The number of amides is 1. The quantitative estimate of drug-likeness (QED) is 0.846. The zero-order valence-electron chi connectivity index (χ0n) is 15.2. The summed E-state index contributed by atoms with van der Waals surface area (Å²) >= 11 is 5.37. The third-order valence-electron chi connectivity index (χ3n) is 4.81. The summed E-state index contributed by atoms with van der Waals surface area (Å²) in [6.07, 6.45) is 1.65. The number of aromatic nitrogens is 3. The predicted molar refractivity (Wildman–Crippen MR) is 102 cm³/mol. The van der Waals surface area contributed by atoms with Crippen molar-refractivity contribution in [1.29, 1.82) is 0 Å². The van der Waals surface area contributed by atoms with E-state index in [4.69, 9.17) is 12.2 Å². The number of piperidine rings is 1. The van der Waals surface area contributed by atoms with Crippen LogP contribution < -0.4 is 0 Å². The molecule has 5 nitrogen and oxygen atoms in total. The normalized spacial score (nSPS) is 20.7. The van der Waals surface area contributed by atoms with E-state index in [1.165, 1.54) is 12.0 Å². The van der Waals surface area contributed by atoms with Gasteiger partial charge < -0.3 is 4.90 Å². The average molecular weight is 359 g/mol. The summed E-state index contributed by atoms with van der Waals surface area (Å²) in [5, 5.41) is 7.23. The number of rotatable bonds is 4. The van der Waals surface area contributed by atoms with Crippen molar-refractivity contribution in [3.05, 3.63) is 34.6 Å². The zero-order valence-corrected chi connectivity index (χ0v) is 16.0. The van der Waals surface area contributed by atoms with E-state index in [1.54, 1.807) is 0 Å². The Morgan fingerprint density at radius 1 is 1.32 bits per heavy atom. The number of carbonyl (C=O) groups is 1. The first-order chi connectivity index (χ1) is 11.9. The van der Waals surface area contributed by atoms with Crippen LogP contribution in [0.25, 0.3) is 11.4 Å². The Morgan fingerprint density at radius 2 is 2.04 bits per heavy atom. The summed E-state index contributed by atoms with van der Waals surface area (Å²) in [7, 11) is 0. The molecule has 0 radical (unpaired) electrons. The molecule has 1 saturated heterocycles. The number of likely N-dealkylation sites (tertiary alicyclic amines) is 1. The second-order valence-corrected chi connectivity index (χ2v) is 7.75. The summed E-state index contributed by atoms with van der Waals surface area (Å²) in [6.45, 7) is 8.78. The van der Waals surface area contributed by atoms with Crippen LogP contribution >= 0.6 is 12.2 Å². The summed E-state index contributed by atoms with van der Waals surface area (Å²) in [4.78, 5) is 14.7. The van der Waals surface area contributed by atoms with E-state index in [1.807, 2.05) is 21.6 Å². The van der Waals surface area contributed by atoms with E-state index in [0.717, 1.165) is 24.5 Å². The second-order valence-electron chi connectivity index (χ2n) is 7.37. The number of hydrogen-bond acceptors (Lipinski definition) is 3. The maximum atomic E-state index is 12.6. The van der Waals surface area contributed by atoms with E-state index in [-0.39, 0.29) is 5.91 Å². The van der Waals surface area contributed by atoms with Crippen molar-refractivity contribution in [3.8, 4) is 11.4 Å². The fraction of sp³-hybridized carbons (Fsp3) is 0.526. The maximum absolute atomic E-state index is 12.6. The lowest BCUT2D eigenvalue weighted by atomic mass is 9.92. The minimum Gasteiger partial charge on any atom is -0.342 e. The molecular formula is C19H26N4OS. The molecule has 1 aromatic heterocycles. The Labute approximate surface area is 154 Å². The molecule has 2 atom stereocenters. The molecule has 1 aromatic carbocycles. The molecular weight excluding hydrogens is 332 g/mol. The maximum Gasteiger partial charge on any atom is 0.224 e. The molecule has 2 heterocycles. The van der Waals surface area contributed by atoms with Gasteiger partial charge in [0.25, 0.3) is 0 Å². The van der Waals surface area contributed by atoms with Crippen molar-refractivity contribution in [3.63, 3.8) is 0 Å². The standard InChI is InChI=1S/C19H26N4OS/c1-13-5-4-6-16(10-13)18-20-21-19(25)23(18)8-7-17(24)22-11-14(2)9-15(3)12-22/h4-6,10,14-15H,7-9,11-12H2,1-3H3,(H,21,25). The van der Waals surface area contributed by atoms with Gasteiger partial charge in [0.1, 0.15) is 0 Å². The fourth-order valence-corrected chi connectivity index (χ4v) is 3.99. The van der Waals surface area contributed by atoms with Crippen LogP contribution in [-0.2, 0) is 11.3 Å². The molecule has 6 heteroatoms. The van der Waals surface area contributed by atoms with Crippen LogP contribution in [0.5, 0.6) is 0 Å². The number of nitrogens with one attached hydrogen (secondary N) is 1. The molecule has 0 bridgehead atoms. The van der Waals surface area contributed by atoms with Gasteiger partial charge in [-0.2, -0.15) is 5.10 Å². The Kier molecular flexibility index (Phi) is 5.37. The number of carbonyl (C=O) groups excluding carboxylic acids is 1. The van der Waals surface area contributed by atoms with Crippen molar-refractivity contribution in [2.24, 2.45) is 11.8 Å². The molecule has 1 aliphatic heterocycles. The van der Waals surface area contributed by atoms with Crippen molar-refractivity contribution >= 4 is 18.1 Å². The Bertz CT molecular complexity index is 800. The first-order valence-electron chi connectivity index (χ1n) is 8.94. The van der Waals surface area contributed by atoms with Gasteiger partial charge in [-0.25, -0.2) is 0 Å². The molecule has 0 saturated carbocycles. The highest BCUT2D eigenvalue weighted by atomic mass is 32.1. The average Bonchev–Trinajstić information content (AvgIpc) is 2.92. The summed E-state index contributed by atoms with van der Waals surface area (Å²) in [5.74, 6) is 2.15. The van der Waals surface area contributed by atoms with Crippen molar-refractivity contribution < 1.29 is 4.79 Å². The van der Waals surface area contributed by atoms with Gasteiger partial charge in [-0.15, -0.1) is 0 Å². The van der Waals surface area contributed by atoms with Gasteiger partial charge in [-0.1, -0.05) is 37.6 Å². The highest BCUT2D eigenvalue weighted by Crippen LogP contribution is 2.22. The lowest BCUT2D eigenvalue weighted by Crippen LogP contribution is -2.42. The highest BCUT2D eigenvalue weighted by Gasteiger charge is 2.25. The topological polar surface area (TPSA) is 53.9 Å². The van der Waals surface area contributed by atoms with Crippen molar-refractivity contribution in [1.82, 2.24) is 19.7 Å². The van der Waals surface area contributed by atoms with Gasteiger partial charge in [0.05, 0.1) is 0 Å². The van der Waals surface area contributed by atoms with Crippen molar-refractivity contribution in [2.45, 2.75) is 40.2 Å². The highest BCUT2D eigenvalue weighted by molar-refractivity contribution is 7.71. The third-order valence-corrected chi connectivity index (χ3v) is 5.12. The smallest absolute Gasteiger partial charge is 0.224 e. The molecule has 3 rings (SSSR count). The van der Waals surface area contributed by atoms with Crippen LogP contribution in [0.4, 0.5) is 0 Å². The van der Waals surface area contributed by atoms with Crippen molar-refractivity contribution in [2.75, 3.05) is 13.1 Å². The molecule has 2 aromatic rings. The summed E-state index contributed by atoms with van der Waals surface area (Å²) in [6, 6.07) is 8.16. The number of nitrogens with zero attached hydrogens (tertiary/aromatic N) is 3. The monoisotopic (exact) mass is 358 g/mol. The molecule has 2 unspecified atom stereocenters. The minimum atomic E-state index is 0.205. The minimum absolute atomic E-state index is 0.205. The molecule has 0 aliphatic carbocycles. The number of aromatic amines is 1. The van der Waals surface area contributed by atoms with Gasteiger partial charge in [0.2, 0.25) is 5.91 Å². The van der Waals surface area contributed by atoms with Crippen LogP contribution in [0.2, 0.25) is 0 Å². The van der Waals surface area contributed by atoms with E-state index in [9.17, 15) is 4.79 Å². The van der Waals surface area contributed by atoms with E-state index in [2.05, 4.69) is 43.1 Å². The zero-order chi connectivity index (χ0) is 18.0. The van der Waals surface area contributed by atoms with Gasteiger partial charge in [0.15, 0.2) is 10.6 Å². The van der Waals surface area contributed by atoms with E-state index in [0.29, 0.717) is 29.6 Å². The van der Waals surface area contributed by atoms with E-state index < -0.39 is 0 Å².